The maximum atomic E-state index is 13.4. The third kappa shape index (κ3) is 5.48. The monoisotopic (exact) mass is 507 g/mol. The molecule has 6 nitrogen and oxygen atoms in total. The fraction of sp³-hybridized carbons (Fsp3) is 0.280. The highest BCUT2D eigenvalue weighted by molar-refractivity contribution is 7.89. The Morgan fingerprint density at radius 1 is 1.06 bits per heavy atom. The zero-order chi connectivity index (χ0) is 26.0. The Hall–Kier alpha value is -3.40. The molecule has 0 spiro atoms. The van der Waals surface area contributed by atoms with Gasteiger partial charge in [-0.1, -0.05) is 30.3 Å². The van der Waals surface area contributed by atoms with Crippen molar-refractivity contribution < 1.29 is 35.9 Å². The number of alkyl halides is 3. The van der Waals surface area contributed by atoms with Crippen molar-refractivity contribution in [1.29, 1.82) is 0 Å². The standard InChI is InChI=1S/C25H24F3NO5S/c1-4-34-24(31)22(15-18-8-6-5-7-9-18)21-14-16(2)23(30)29(17(21)3)35(32,33)20-12-10-19(11-13-20)25(26,27)28/h5-14,17H,4,15H2,1-3H3/b22-21-. The van der Waals surface area contributed by atoms with E-state index in [0.717, 1.165) is 17.7 Å². The second-order valence-electron chi connectivity index (χ2n) is 7.95. The van der Waals surface area contributed by atoms with Crippen molar-refractivity contribution in [1.82, 2.24) is 4.31 Å². The quantitative estimate of drug-likeness (QED) is 0.419. The van der Waals surface area contributed by atoms with Crippen molar-refractivity contribution in [2.24, 2.45) is 0 Å². The lowest BCUT2D eigenvalue weighted by Gasteiger charge is -2.34. The van der Waals surface area contributed by atoms with E-state index >= 15 is 0 Å². The van der Waals surface area contributed by atoms with Crippen molar-refractivity contribution in [3.63, 3.8) is 0 Å². The van der Waals surface area contributed by atoms with E-state index in [9.17, 15) is 31.2 Å². The smallest absolute Gasteiger partial charge is 0.416 e. The van der Waals surface area contributed by atoms with Crippen LogP contribution in [-0.4, -0.2) is 37.2 Å². The lowest BCUT2D eigenvalue weighted by molar-refractivity contribution is -0.139. The molecule has 1 aliphatic rings. The SMILES string of the molecule is CCOC(=O)/C(Cc1ccccc1)=C1/C=C(C)C(=O)N(S(=O)(=O)c2ccc(C(F)(F)F)cc2)C1C. The largest absolute Gasteiger partial charge is 0.463 e. The van der Waals surface area contributed by atoms with Crippen LogP contribution >= 0.6 is 0 Å². The normalized spacial score (nSPS) is 18.2. The molecule has 0 fully saturated rings. The van der Waals surface area contributed by atoms with E-state index in [2.05, 4.69) is 0 Å². The Bertz CT molecular complexity index is 1280. The number of hydrogen-bond acceptors (Lipinski definition) is 5. The van der Waals surface area contributed by atoms with Crippen LogP contribution < -0.4 is 0 Å². The lowest BCUT2D eigenvalue weighted by atomic mass is 9.92. The van der Waals surface area contributed by atoms with Gasteiger partial charge in [0.2, 0.25) is 0 Å². The Labute approximate surface area is 201 Å². The molecule has 0 radical (unpaired) electrons. The van der Waals surface area contributed by atoms with E-state index < -0.39 is 44.6 Å². The molecule has 1 amide bonds. The molecule has 3 rings (SSSR count). The summed E-state index contributed by atoms with van der Waals surface area (Å²) in [7, 11) is -4.54. The zero-order valence-electron chi connectivity index (χ0n) is 19.3. The van der Waals surface area contributed by atoms with Gasteiger partial charge in [-0.15, -0.1) is 0 Å². The van der Waals surface area contributed by atoms with Crippen molar-refractivity contribution in [3.05, 3.63) is 88.5 Å². The predicted octanol–water partition coefficient (Wildman–Crippen LogP) is 4.67. The van der Waals surface area contributed by atoms with E-state index in [1.807, 2.05) is 6.07 Å². The number of sulfonamides is 1. The minimum absolute atomic E-state index is 0.0587. The lowest BCUT2D eigenvalue weighted by Crippen LogP contribution is -2.47. The average molecular weight is 508 g/mol. The molecule has 10 heteroatoms. The molecule has 0 aromatic heterocycles. The first-order valence-corrected chi connectivity index (χ1v) is 12.2. The molecule has 1 aliphatic heterocycles. The molecular formula is C25H24F3NO5S. The molecule has 35 heavy (non-hydrogen) atoms. The Balaban J connectivity index is 2.12. The Kier molecular flexibility index (Phi) is 7.54. The van der Waals surface area contributed by atoms with Crippen molar-refractivity contribution in [2.45, 2.75) is 44.3 Å². The molecule has 1 atom stereocenters. The number of halogens is 3. The molecule has 0 aliphatic carbocycles. The first-order chi connectivity index (χ1) is 16.4. The van der Waals surface area contributed by atoms with E-state index in [4.69, 9.17) is 4.74 Å². The van der Waals surface area contributed by atoms with E-state index in [0.29, 0.717) is 16.4 Å². The topological polar surface area (TPSA) is 80.8 Å². The number of esters is 1. The van der Waals surface area contributed by atoms with Gasteiger partial charge in [0.25, 0.3) is 15.9 Å². The first-order valence-electron chi connectivity index (χ1n) is 10.8. The van der Waals surface area contributed by atoms with E-state index in [1.165, 1.54) is 19.9 Å². The van der Waals surface area contributed by atoms with Crippen LogP contribution in [0.4, 0.5) is 13.2 Å². The molecule has 0 bridgehead atoms. The van der Waals surface area contributed by atoms with Crippen LogP contribution in [-0.2, 0) is 36.9 Å². The summed E-state index contributed by atoms with van der Waals surface area (Å²) in [6.45, 7) is 4.59. The van der Waals surface area contributed by atoms with Crippen LogP contribution in [0.3, 0.4) is 0 Å². The molecule has 0 saturated heterocycles. The van der Waals surface area contributed by atoms with Gasteiger partial charge in [0.1, 0.15) is 0 Å². The highest BCUT2D eigenvalue weighted by Gasteiger charge is 2.40. The summed E-state index contributed by atoms with van der Waals surface area (Å²) < 4.78 is 71.4. The van der Waals surface area contributed by atoms with Crippen LogP contribution in [0, 0.1) is 0 Å². The van der Waals surface area contributed by atoms with Crippen LogP contribution in [0.1, 0.15) is 31.9 Å². The van der Waals surface area contributed by atoms with Gasteiger partial charge in [-0.2, -0.15) is 13.2 Å². The van der Waals surface area contributed by atoms with E-state index in [1.54, 1.807) is 31.2 Å². The highest BCUT2D eigenvalue weighted by Crippen LogP contribution is 2.34. The minimum atomic E-state index is -4.64. The van der Waals surface area contributed by atoms with Crippen molar-refractivity contribution in [2.75, 3.05) is 6.61 Å². The number of carbonyl (C=O) groups excluding carboxylic acids is 2. The maximum Gasteiger partial charge on any atom is 0.416 e. The third-order valence-corrected chi connectivity index (χ3v) is 7.41. The second kappa shape index (κ2) is 10.1. The van der Waals surface area contributed by atoms with Crippen LogP contribution in [0.25, 0.3) is 0 Å². The fourth-order valence-corrected chi connectivity index (χ4v) is 5.39. The number of rotatable bonds is 6. The summed E-state index contributed by atoms with van der Waals surface area (Å²) in [4.78, 5) is 25.4. The van der Waals surface area contributed by atoms with Crippen LogP contribution in [0.5, 0.6) is 0 Å². The van der Waals surface area contributed by atoms with Gasteiger partial charge in [-0.25, -0.2) is 17.5 Å². The summed E-state index contributed by atoms with van der Waals surface area (Å²) in [6.07, 6.45) is -3.05. The zero-order valence-corrected chi connectivity index (χ0v) is 20.1. The summed E-state index contributed by atoms with van der Waals surface area (Å²) in [5.74, 6) is -1.48. The maximum absolute atomic E-state index is 13.4. The summed E-state index contributed by atoms with van der Waals surface area (Å²) in [6, 6.07) is 10.8. The molecule has 186 valence electrons. The van der Waals surface area contributed by atoms with Gasteiger partial charge in [-0.05, 0) is 62.2 Å². The fourth-order valence-electron chi connectivity index (χ4n) is 3.79. The number of benzene rings is 2. The molecule has 2 aromatic carbocycles. The van der Waals surface area contributed by atoms with Gasteiger partial charge in [0, 0.05) is 17.6 Å². The third-order valence-electron chi connectivity index (χ3n) is 5.54. The van der Waals surface area contributed by atoms with Gasteiger partial charge in [-0.3, -0.25) is 4.79 Å². The second-order valence-corrected chi connectivity index (χ2v) is 9.76. The number of hydrogen-bond donors (Lipinski definition) is 0. The molecular weight excluding hydrogens is 483 g/mol. The number of amides is 1. The summed E-state index contributed by atoms with van der Waals surface area (Å²) >= 11 is 0. The van der Waals surface area contributed by atoms with Crippen LogP contribution in [0.2, 0.25) is 0 Å². The number of nitrogens with zero attached hydrogens (tertiary/aromatic N) is 1. The number of ether oxygens (including phenoxy) is 1. The van der Waals surface area contributed by atoms with Gasteiger partial charge < -0.3 is 4.74 Å². The van der Waals surface area contributed by atoms with E-state index in [-0.39, 0.29) is 29.7 Å². The van der Waals surface area contributed by atoms with Gasteiger partial charge >= 0.3 is 12.1 Å². The van der Waals surface area contributed by atoms with Gasteiger partial charge in [0.15, 0.2) is 0 Å². The minimum Gasteiger partial charge on any atom is -0.463 e. The van der Waals surface area contributed by atoms with Crippen molar-refractivity contribution in [3.8, 4) is 0 Å². The molecule has 1 heterocycles. The van der Waals surface area contributed by atoms with Crippen LogP contribution in [0.15, 0.2) is 82.3 Å². The number of carbonyl (C=O) groups is 2. The first kappa shape index (κ1) is 26.2. The molecule has 1 unspecified atom stereocenters. The molecule has 0 saturated carbocycles. The van der Waals surface area contributed by atoms with Gasteiger partial charge in [0.05, 0.1) is 23.1 Å². The predicted molar refractivity (Wildman–Crippen MR) is 122 cm³/mol. The molecule has 0 N–H and O–H groups in total. The summed E-state index contributed by atoms with van der Waals surface area (Å²) in [5.41, 5.74) is 0.280. The van der Waals surface area contributed by atoms with Crippen molar-refractivity contribution >= 4 is 21.9 Å². The Morgan fingerprint density at radius 2 is 1.66 bits per heavy atom. The average Bonchev–Trinajstić information content (AvgIpc) is 2.80. The highest BCUT2D eigenvalue weighted by atomic mass is 32.2. The Morgan fingerprint density at radius 3 is 2.20 bits per heavy atom. The summed E-state index contributed by atoms with van der Waals surface area (Å²) in [5, 5.41) is 0. The molecule has 2 aromatic rings.